The summed E-state index contributed by atoms with van der Waals surface area (Å²) >= 11 is 0. The third kappa shape index (κ3) is 3.75. The number of rotatable bonds is 7. The molecule has 0 aliphatic rings. The standard InChI is InChI=1S/C13H20N2O4/c1-8-5-9(18-3)6-11(19-4)12(8)15-7-10(14-2)13(16)17/h5-6,10,14-15H,7H2,1-4H3,(H,16,17). The summed E-state index contributed by atoms with van der Waals surface area (Å²) in [4.78, 5) is 10.9. The van der Waals surface area contributed by atoms with Crippen molar-refractivity contribution in [3.8, 4) is 11.5 Å². The summed E-state index contributed by atoms with van der Waals surface area (Å²) in [6.45, 7) is 2.16. The second-order valence-corrected chi connectivity index (χ2v) is 4.08. The van der Waals surface area contributed by atoms with E-state index >= 15 is 0 Å². The summed E-state index contributed by atoms with van der Waals surface area (Å²) < 4.78 is 10.4. The number of ether oxygens (including phenoxy) is 2. The van der Waals surface area contributed by atoms with Gasteiger partial charge in [-0.25, -0.2) is 0 Å². The minimum Gasteiger partial charge on any atom is -0.497 e. The van der Waals surface area contributed by atoms with Gasteiger partial charge in [-0.2, -0.15) is 0 Å². The van der Waals surface area contributed by atoms with E-state index in [0.29, 0.717) is 11.5 Å². The molecule has 1 unspecified atom stereocenters. The molecule has 1 aromatic carbocycles. The first kappa shape index (κ1) is 15.1. The van der Waals surface area contributed by atoms with Crippen LogP contribution in [0.2, 0.25) is 0 Å². The number of hydrogen-bond donors (Lipinski definition) is 3. The molecule has 19 heavy (non-hydrogen) atoms. The smallest absolute Gasteiger partial charge is 0.322 e. The molecule has 106 valence electrons. The highest BCUT2D eigenvalue weighted by atomic mass is 16.5. The zero-order valence-electron chi connectivity index (χ0n) is 11.6. The van der Waals surface area contributed by atoms with E-state index in [1.54, 1.807) is 27.3 Å². The Bertz CT molecular complexity index is 449. The first-order valence-corrected chi connectivity index (χ1v) is 5.90. The van der Waals surface area contributed by atoms with Crippen LogP contribution in [0, 0.1) is 6.92 Å². The Morgan fingerprint density at radius 1 is 1.37 bits per heavy atom. The minimum atomic E-state index is -0.903. The summed E-state index contributed by atoms with van der Waals surface area (Å²) in [5.41, 5.74) is 1.70. The van der Waals surface area contributed by atoms with E-state index < -0.39 is 12.0 Å². The van der Waals surface area contributed by atoms with Crippen molar-refractivity contribution in [2.45, 2.75) is 13.0 Å². The van der Waals surface area contributed by atoms with Crippen LogP contribution in [0.5, 0.6) is 11.5 Å². The van der Waals surface area contributed by atoms with Crippen molar-refractivity contribution in [3.63, 3.8) is 0 Å². The van der Waals surface area contributed by atoms with Gasteiger partial charge in [0.1, 0.15) is 17.5 Å². The lowest BCUT2D eigenvalue weighted by molar-refractivity contribution is -0.138. The van der Waals surface area contributed by atoms with Crippen LogP contribution >= 0.6 is 0 Å². The average molecular weight is 268 g/mol. The van der Waals surface area contributed by atoms with Gasteiger partial charge in [0, 0.05) is 12.6 Å². The molecule has 0 bridgehead atoms. The lowest BCUT2D eigenvalue weighted by atomic mass is 10.1. The molecular weight excluding hydrogens is 248 g/mol. The van der Waals surface area contributed by atoms with E-state index in [1.165, 1.54) is 0 Å². The van der Waals surface area contributed by atoms with Gasteiger partial charge in [0.2, 0.25) is 0 Å². The number of carbonyl (C=O) groups is 1. The molecule has 0 heterocycles. The molecule has 0 aliphatic heterocycles. The van der Waals surface area contributed by atoms with Crippen molar-refractivity contribution in [2.24, 2.45) is 0 Å². The number of nitrogens with one attached hydrogen (secondary N) is 2. The van der Waals surface area contributed by atoms with Crippen LogP contribution in [0.4, 0.5) is 5.69 Å². The molecule has 0 amide bonds. The van der Waals surface area contributed by atoms with Crippen LogP contribution in [0.3, 0.4) is 0 Å². The average Bonchev–Trinajstić information content (AvgIpc) is 2.39. The van der Waals surface area contributed by atoms with Gasteiger partial charge in [-0.1, -0.05) is 0 Å². The fourth-order valence-electron chi connectivity index (χ4n) is 1.75. The van der Waals surface area contributed by atoms with E-state index in [0.717, 1.165) is 11.3 Å². The van der Waals surface area contributed by atoms with Gasteiger partial charge in [-0.15, -0.1) is 0 Å². The van der Waals surface area contributed by atoms with E-state index in [9.17, 15) is 4.79 Å². The van der Waals surface area contributed by atoms with Crippen molar-refractivity contribution in [3.05, 3.63) is 17.7 Å². The number of carboxylic acid groups (broad SMARTS) is 1. The number of benzene rings is 1. The molecule has 0 saturated carbocycles. The van der Waals surface area contributed by atoms with E-state index in [1.807, 2.05) is 13.0 Å². The first-order valence-electron chi connectivity index (χ1n) is 5.90. The Morgan fingerprint density at radius 3 is 2.53 bits per heavy atom. The fourth-order valence-corrected chi connectivity index (χ4v) is 1.75. The van der Waals surface area contributed by atoms with Crippen LogP contribution in [0.25, 0.3) is 0 Å². The second-order valence-electron chi connectivity index (χ2n) is 4.08. The SMILES string of the molecule is CNC(CNc1c(C)cc(OC)cc1OC)C(=O)O. The second kappa shape index (κ2) is 6.84. The van der Waals surface area contributed by atoms with Gasteiger partial charge < -0.3 is 25.2 Å². The number of likely N-dealkylation sites (N-methyl/N-ethyl adjacent to an activating group) is 1. The lowest BCUT2D eigenvalue weighted by Crippen LogP contribution is -2.39. The molecule has 0 aromatic heterocycles. The van der Waals surface area contributed by atoms with Gasteiger partial charge in [-0.3, -0.25) is 4.79 Å². The molecular formula is C13H20N2O4. The molecule has 0 fully saturated rings. The topological polar surface area (TPSA) is 79.8 Å². The molecule has 3 N–H and O–H groups in total. The van der Waals surface area contributed by atoms with Crippen molar-refractivity contribution < 1.29 is 19.4 Å². The quantitative estimate of drug-likeness (QED) is 0.687. The van der Waals surface area contributed by atoms with E-state index in [-0.39, 0.29) is 6.54 Å². The number of hydrogen-bond acceptors (Lipinski definition) is 5. The number of methoxy groups -OCH3 is 2. The molecule has 1 atom stereocenters. The summed E-state index contributed by atoms with van der Waals surface area (Å²) in [5.74, 6) is 0.417. The minimum absolute atomic E-state index is 0.259. The zero-order valence-corrected chi connectivity index (χ0v) is 11.6. The van der Waals surface area contributed by atoms with Crippen molar-refractivity contribution in [2.75, 3.05) is 33.1 Å². The third-order valence-corrected chi connectivity index (χ3v) is 2.86. The Balaban J connectivity index is 2.91. The maximum absolute atomic E-state index is 10.9. The molecule has 0 spiro atoms. The summed E-state index contributed by atoms with van der Waals surface area (Å²) in [6, 6.07) is 2.95. The van der Waals surface area contributed by atoms with Gasteiger partial charge in [-0.05, 0) is 25.6 Å². The largest absolute Gasteiger partial charge is 0.497 e. The molecule has 6 heteroatoms. The fraction of sp³-hybridized carbons (Fsp3) is 0.462. The molecule has 1 aromatic rings. The normalized spacial score (nSPS) is 11.8. The molecule has 0 radical (unpaired) electrons. The molecule has 0 aliphatic carbocycles. The first-order chi connectivity index (χ1) is 9.03. The Morgan fingerprint density at radius 2 is 2.05 bits per heavy atom. The van der Waals surface area contributed by atoms with Gasteiger partial charge in [0.15, 0.2) is 0 Å². The highest BCUT2D eigenvalue weighted by molar-refractivity contribution is 5.75. The van der Waals surface area contributed by atoms with Crippen molar-refractivity contribution >= 4 is 11.7 Å². The third-order valence-electron chi connectivity index (χ3n) is 2.86. The van der Waals surface area contributed by atoms with Gasteiger partial charge in [0.05, 0.1) is 19.9 Å². The number of aryl methyl sites for hydroxylation is 1. The van der Waals surface area contributed by atoms with Gasteiger partial charge >= 0.3 is 5.97 Å². The predicted molar refractivity (Wildman–Crippen MR) is 73.3 cm³/mol. The molecule has 6 nitrogen and oxygen atoms in total. The zero-order chi connectivity index (χ0) is 14.4. The lowest BCUT2D eigenvalue weighted by Gasteiger charge is -2.18. The Labute approximate surface area is 112 Å². The Kier molecular flexibility index (Phi) is 5.44. The maximum atomic E-state index is 10.9. The van der Waals surface area contributed by atoms with Crippen LogP contribution in [0.1, 0.15) is 5.56 Å². The number of carboxylic acids is 1. The van der Waals surface area contributed by atoms with E-state index in [2.05, 4.69) is 10.6 Å². The summed E-state index contributed by atoms with van der Waals surface area (Å²) in [7, 11) is 4.76. The highest BCUT2D eigenvalue weighted by Gasteiger charge is 2.16. The molecule has 0 saturated heterocycles. The summed E-state index contributed by atoms with van der Waals surface area (Å²) in [6.07, 6.45) is 0. The highest BCUT2D eigenvalue weighted by Crippen LogP contribution is 2.32. The van der Waals surface area contributed by atoms with Crippen molar-refractivity contribution in [1.29, 1.82) is 0 Å². The Hall–Kier alpha value is -1.95. The van der Waals surface area contributed by atoms with Gasteiger partial charge in [0.25, 0.3) is 0 Å². The number of anilines is 1. The van der Waals surface area contributed by atoms with Crippen molar-refractivity contribution in [1.82, 2.24) is 5.32 Å². The van der Waals surface area contributed by atoms with Crippen LogP contribution in [0.15, 0.2) is 12.1 Å². The molecule has 1 rings (SSSR count). The van der Waals surface area contributed by atoms with Crippen LogP contribution in [-0.4, -0.2) is 44.9 Å². The van der Waals surface area contributed by atoms with Crippen LogP contribution < -0.4 is 20.1 Å². The van der Waals surface area contributed by atoms with Crippen LogP contribution in [-0.2, 0) is 4.79 Å². The van der Waals surface area contributed by atoms with E-state index in [4.69, 9.17) is 14.6 Å². The monoisotopic (exact) mass is 268 g/mol. The number of aliphatic carboxylic acids is 1. The predicted octanol–water partition coefficient (Wildman–Crippen LogP) is 1.10. The maximum Gasteiger partial charge on any atom is 0.322 e. The summed E-state index contributed by atoms with van der Waals surface area (Å²) in [5, 5.41) is 14.8.